The molecule has 1 spiro atoms. The normalized spacial score (nSPS) is 20.6. The molecule has 0 unspecified atom stereocenters. The summed E-state index contributed by atoms with van der Waals surface area (Å²) in [5.74, 6) is -2.11. The number of hydrogen-bond acceptors (Lipinski definition) is 9. The van der Waals surface area contributed by atoms with E-state index in [2.05, 4.69) is 20.7 Å². The lowest BCUT2D eigenvalue weighted by atomic mass is 9.57. The first-order chi connectivity index (χ1) is 21.2. The summed E-state index contributed by atoms with van der Waals surface area (Å²) < 4.78 is 0. The van der Waals surface area contributed by atoms with Crippen LogP contribution in [0.4, 0.5) is 17.1 Å². The number of hydrogen-bond donors (Lipinski definition) is 2. The Bertz CT molecular complexity index is 2070. The van der Waals surface area contributed by atoms with Crippen LogP contribution < -0.4 is 5.32 Å². The number of nitro groups is 2. The van der Waals surface area contributed by atoms with E-state index in [1.54, 1.807) is 48.7 Å². The Morgan fingerprint density at radius 2 is 1.52 bits per heavy atom. The van der Waals surface area contributed by atoms with Crippen molar-refractivity contribution in [3.63, 3.8) is 0 Å². The zero-order valence-electron chi connectivity index (χ0n) is 22.2. The Morgan fingerprint density at radius 1 is 0.864 bits per heavy atom. The van der Waals surface area contributed by atoms with Gasteiger partial charge in [0.1, 0.15) is 5.71 Å². The number of carbonyl (C=O) groups is 1. The minimum atomic E-state index is -1.96. The standard InChI is InChI=1S/C30H18Cl2N6O6/c31-17-7-10-22(37(40)41)19(12-17)25-24-21(9-6-16-14-33-35-26(16)24)34-28(20-13-18(32)8-11-23(20)38(42)43)30(25)27(36-44-29(30)39)15-4-2-1-3-5-15/h1-14,25,28,34H,(H,33,35)/t25-,28-,30+/m0/s1. The van der Waals surface area contributed by atoms with Crippen LogP contribution in [0.15, 0.2) is 90.2 Å². The number of nitrogens with zero attached hydrogens (tertiary/aromatic N) is 4. The van der Waals surface area contributed by atoms with E-state index in [0.29, 0.717) is 27.7 Å². The summed E-state index contributed by atoms with van der Waals surface area (Å²) in [7, 11) is 0. The molecule has 0 aliphatic carbocycles. The van der Waals surface area contributed by atoms with E-state index in [-0.39, 0.29) is 38.3 Å². The van der Waals surface area contributed by atoms with Crippen LogP contribution >= 0.6 is 23.2 Å². The van der Waals surface area contributed by atoms with Crippen molar-refractivity contribution in [2.45, 2.75) is 12.0 Å². The molecule has 0 saturated carbocycles. The van der Waals surface area contributed by atoms with Gasteiger partial charge in [0.05, 0.1) is 33.2 Å². The Labute approximate surface area is 257 Å². The average molecular weight is 629 g/mol. The number of halogens is 2. The van der Waals surface area contributed by atoms with Crippen LogP contribution in [0.1, 0.15) is 34.2 Å². The fraction of sp³-hybridized carbons (Fsp3) is 0.100. The van der Waals surface area contributed by atoms with Gasteiger partial charge in [0, 0.05) is 55.9 Å². The third kappa shape index (κ3) is 3.95. The third-order valence-corrected chi connectivity index (χ3v) is 8.62. The summed E-state index contributed by atoms with van der Waals surface area (Å²) in [6.45, 7) is 0. The van der Waals surface area contributed by atoms with Crippen LogP contribution in [0.5, 0.6) is 0 Å². The summed E-state index contributed by atoms with van der Waals surface area (Å²) in [5.41, 5.74) is -0.552. The van der Waals surface area contributed by atoms with Gasteiger partial charge in [-0.25, -0.2) is 4.79 Å². The minimum absolute atomic E-state index is 0.0509. The van der Waals surface area contributed by atoms with Gasteiger partial charge in [-0.3, -0.25) is 25.3 Å². The lowest BCUT2D eigenvalue weighted by Crippen LogP contribution is -2.52. The highest BCUT2D eigenvalue weighted by Gasteiger charge is 2.66. The number of carbonyl (C=O) groups excluding carboxylic acids is 1. The van der Waals surface area contributed by atoms with E-state index < -0.39 is 33.2 Å². The molecule has 0 bridgehead atoms. The molecule has 3 heterocycles. The highest BCUT2D eigenvalue weighted by molar-refractivity contribution is 6.31. The van der Waals surface area contributed by atoms with Crippen LogP contribution in [-0.2, 0) is 9.63 Å². The second kappa shape index (κ2) is 10.1. The van der Waals surface area contributed by atoms with Gasteiger partial charge >= 0.3 is 5.97 Å². The molecule has 0 amide bonds. The van der Waals surface area contributed by atoms with Crippen molar-refractivity contribution in [3.8, 4) is 0 Å². The molecule has 0 saturated heterocycles. The zero-order chi connectivity index (χ0) is 30.7. The summed E-state index contributed by atoms with van der Waals surface area (Å²) in [6, 6.07) is 19.0. The van der Waals surface area contributed by atoms with Crippen molar-refractivity contribution < 1.29 is 19.5 Å². The molecule has 0 radical (unpaired) electrons. The summed E-state index contributed by atoms with van der Waals surface area (Å²) in [4.78, 5) is 43.8. The van der Waals surface area contributed by atoms with Crippen molar-refractivity contribution >= 4 is 62.8 Å². The monoisotopic (exact) mass is 628 g/mol. The summed E-state index contributed by atoms with van der Waals surface area (Å²) >= 11 is 12.9. The van der Waals surface area contributed by atoms with Crippen molar-refractivity contribution in [3.05, 3.63) is 138 Å². The first kappa shape index (κ1) is 27.5. The maximum absolute atomic E-state index is 14.5. The number of oxime groups is 1. The Kier molecular flexibility index (Phi) is 6.34. The van der Waals surface area contributed by atoms with E-state index in [1.807, 2.05) is 0 Å². The first-order valence-electron chi connectivity index (χ1n) is 13.2. The largest absolute Gasteiger partial charge is 0.376 e. The van der Waals surface area contributed by atoms with Crippen LogP contribution in [0.25, 0.3) is 10.9 Å². The van der Waals surface area contributed by atoms with Crippen molar-refractivity contribution in [1.82, 2.24) is 10.2 Å². The maximum Gasteiger partial charge on any atom is 0.350 e. The second-order valence-electron chi connectivity index (χ2n) is 10.3. The summed E-state index contributed by atoms with van der Waals surface area (Å²) in [5, 5.41) is 40.7. The molecule has 2 aliphatic rings. The minimum Gasteiger partial charge on any atom is -0.376 e. The fourth-order valence-corrected chi connectivity index (χ4v) is 6.79. The maximum atomic E-state index is 14.5. The van der Waals surface area contributed by atoms with Gasteiger partial charge in [0.25, 0.3) is 11.4 Å². The number of aromatic amines is 1. The van der Waals surface area contributed by atoms with E-state index in [1.165, 1.54) is 36.4 Å². The highest BCUT2D eigenvalue weighted by atomic mass is 35.5. The average Bonchev–Trinajstić information content (AvgIpc) is 3.62. The van der Waals surface area contributed by atoms with Gasteiger partial charge in [-0.2, -0.15) is 5.10 Å². The number of rotatable bonds is 5. The smallest absolute Gasteiger partial charge is 0.350 e. The molecule has 7 rings (SSSR count). The molecular weight excluding hydrogens is 611 g/mol. The second-order valence-corrected chi connectivity index (χ2v) is 11.2. The van der Waals surface area contributed by atoms with Gasteiger partial charge in [-0.05, 0) is 36.4 Å². The molecule has 2 aliphatic heterocycles. The molecule has 2 N–H and O–H groups in total. The number of nitro benzene ring substituents is 2. The zero-order valence-corrected chi connectivity index (χ0v) is 23.7. The fourth-order valence-electron chi connectivity index (χ4n) is 6.43. The quantitative estimate of drug-likeness (QED) is 0.120. The number of anilines is 1. The first-order valence-corrected chi connectivity index (χ1v) is 13.9. The van der Waals surface area contributed by atoms with Crippen LogP contribution in [0.3, 0.4) is 0 Å². The van der Waals surface area contributed by atoms with Crippen LogP contribution in [-0.4, -0.2) is 31.7 Å². The van der Waals surface area contributed by atoms with Crippen LogP contribution in [0.2, 0.25) is 10.0 Å². The van der Waals surface area contributed by atoms with E-state index in [0.717, 1.165) is 0 Å². The lowest BCUT2D eigenvalue weighted by molar-refractivity contribution is -0.386. The summed E-state index contributed by atoms with van der Waals surface area (Å²) in [6.07, 6.45) is 1.58. The Balaban J connectivity index is 1.68. The lowest BCUT2D eigenvalue weighted by Gasteiger charge is -2.46. The number of aromatic nitrogens is 2. The highest BCUT2D eigenvalue weighted by Crippen LogP contribution is 2.62. The molecule has 3 atom stereocenters. The van der Waals surface area contributed by atoms with Crippen molar-refractivity contribution in [2.24, 2.45) is 10.6 Å². The van der Waals surface area contributed by atoms with E-state index in [4.69, 9.17) is 28.0 Å². The number of benzene rings is 4. The van der Waals surface area contributed by atoms with E-state index >= 15 is 0 Å². The number of fused-ring (bicyclic) bond motifs is 3. The molecule has 0 fully saturated rings. The predicted molar refractivity (Wildman–Crippen MR) is 162 cm³/mol. The number of H-pyrrole nitrogens is 1. The number of nitrogens with one attached hydrogen (secondary N) is 2. The van der Waals surface area contributed by atoms with Crippen molar-refractivity contribution in [1.29, 1.82) is 0 Å². The van der Waals surface area contributed by atoms with Gasteiger partial charge in [-0.1, -0.05) is 58.7 Å². The van der Waals surface area contributed by atoms with Gasteiger partial charge < -0.3 is 10.2 Å². The van der Waals surface area contributed by atoms with Crippen LogP contribution in [0, 0.1) is 25.6 Å². The third-order valence-electron chi connectivity index (χ3n) is 8.15. The molecule has 1 aromatic heterocycles. The Morgan fingerprint density at radius 3 is 2.20 bits per heavy atom. The topological polar surface area (TPSA) is 166 Å². The molecule has 44 heavy (non-hydrogen) atoms. The molecule has 14 heteroatoms. The Hall–Kier alpha value is -5.33. The molecule has 12 nitrogen and oxygen atoms in total. The molecule has 218 valence electrons. The molecule has 4 aromatic carbocycles. The SMILES string of the molecule is O=C1ON=C(c2ccccc2)[C@@]12[C@@H](c1cc(Cl)ccc1[N+](=O)[O-])c1c(ccc3cn[nH]c13)N[C@H]2c1cc(Cl)ccc1[N+](=O)[O-]. The molecule has 5 aromatic rings. The molecular formula is C30H18Cl2N6O6. The van der Waals surface area contributed by atoms with Gasteiger partial charge in [-0.15, -0.1) is 0 Å². The van der Waals surface area contributed by atoms with Gasteiger partial charge in [0.2, 0.25) is 0 Å². The van der Waals surface area contributed by atoms with Gasteiger partial charge in [0.15, 0.2) is 5.41 Å². The van der Waals surface area contributed by atoms with Crippen molar-refractivity contribution in [2.75, 3.05) is 5.32 Å². The van der Waals surface area contributed by atoms with E-state index in [9.17, 15) is 25.0 Å². The predicted octanol–water partition coefficient (Wildman–Crippen LogP) is 6.93.